The van der Waals surface area contributed by atoms with E-state index in [9.17, 15) is 18.0 Å². The Hall–Kier alpha value is -2.27. The first-order valence-electron chi connectivity index (χ1n) is 10.7. The molecular formula is C22H27N3O5S2. The molecule has 8 nitrogen and oxygen atoms in total. The lowest BCUT2D eigenvalue weighted by Crippen LogP contribution is -2.46. The lowest BCUT2D eigenvalue weighted by Gasteiger charge is -2.33. The van der Waals surface area contributed by atoms with Crippen molar-refractivity contribution in [1.29, 1.82) is 0 Å². The summed E-state index contributed by atoms with van der Waals surface area (Å²) in [6.45, 7) is 4.19. The van der Waals surface area contributed by atoms with E-state index in [0.29, 0.717) is 63.4 Å². The molecule has 2 amide bonds. The van der Waals surface area contributed by atoms with Crippen molar-refractivity contribution < 1.29 is 22.7 Å². The summed E-state index contributed by atoms with van der Waals surface area (Å²) in [5.74, 6) is -0.267. The fraction of sp³-hybridized carbons (Fsp3) is 0.455. The van der Waals surface area contributed by atoms with E-state index in [1.807, 2.05) is 17.7 Å². The highest BCUT2D eigenvalue weighted by Gasteiger charge is 2.29. The molecule has 1 aromatic heterocycles. The van der Waals surface area contributed by atoms with E-state index in [2.05, 4.69) is 5.32 Å². The molecular weight excluding hydrogens is 450 g/mol. The number of nitrogens with one attached hydrogen (secondary N) is 1. The first-order chi connectivity index (χ1) is 15.4. The van der Waals surface area contributed by atoms with Gasteiger partial charge in [-0.25, -0.2) is 8.42 Å². The van der Waals surface area contributed by atoms with Gasteiger partial charge in [-0.1, -0.05) is 6.07 Å². The molecule has 3 heterocycles. The Balaban J connectivity index is 1.42. The number of sulfonamides is 1. The van der Waals surface area contributed by atoms with Gasteiger partial charge in [0.05, 0.1) is 18.1 Å². The van der Waals surface area contributed by atoms with Crippen molar-refractivity contribution in [1.82, 2.24) is 14.5 Å². The van der Waals surface area contributed by atoms with Gasteiger partial charge in [-0.2, -0.15) is 15.6 Å². The number of aryl methyl sites for hydroxylation is 1. The van der Waals surface area contributed by atoms with Crippen LogP contribution >= 0.6 is 11.3 Å². The number of hydrogen-bond donors (Lipinski definition) is 1. The number of hydrogen-bond acceptors (Lipinski definition) is 6. The molecule has 1 N–H and O–H groups in total. The second kappa shape index (κ2) is 9.70. The van der Waals surface area contributed by atoms with Crippen molar-refractivity contribution in [3.05, 3.63) is 51.7 Å². The topological polar surface area (TPSA) is 96.0 Å². The van der Waals surface area contributed by atoms with E-state index >= 15 is 0 Å². The molecule has 0 spiro atoms. The van der Waals surface area contributed by atoms with Crippen LogP contribution in [0.4, 0.5) is 0 Å². The van der Waals surface area contributed by atoms with E-state index in [1.165, 1.54) is 21.7 Å². The van der Waals surface area contributed by atoms with E-state index in [4.69, 9.17) is 4.74 Å². The molecule has 4 rings (SSSR count). The zero-order valence-corrected chi connectivity index (χ0v) is 19.6. The van der Waals surface area contributed by atoms with Crippen LogP contribution in [-0.2, 0) is 14.8 Å². The van der Waals surface area contributed by atoms with E-state index in [1.54, 1.807) is 23.1 Å². The maximum Gasteiger partial charge on any atom is 0.254 e. The van der Waals surface area contributed by atoms with Gasteiger partial charge in [0.1, 0.15) is 0 Å². The van der Waals surface area contributed by atoms with Crippen molar-refractivity contribution in [2.24, 2.45) is 0 Å². The molecule has 0 aliphatic carbocycles. The van der Waals surface area contributed by atoms with Crippen LogP contribution in [0.3, 0.4) is 0 Å². The predicted molar refractivity (Wildman–Crippen MR) is 121 cm³/mol. The highest BCUT2D eigenvalue weighted by molar-refractivity contribution is 7.89. The van der Waals surface area contributed by atoms with Crippen molar-refractivity contribution >= 4 is 33.2 Å². The quantitative estimate of drug-likeness (QED) is 0.712. The van der Waals surface area contributed by atoms with Crippen LogP contribution in [0.25, 0.3) is 0 Å². The summed E-state index contributed by atoms with van der Waals surface area (Å²) in [6, 6.07) is 6.55. The Morgan fingerprint density at radius 2 is 1.81 bits per heavy atom. The molecule has 2 aromatic rings. The number of amides is 2. The number of thiophene rings is 1. The smallest absolute Gasteiger partial charge is 0.254 e. The number of ether oxygens (including phenoxy) is 1. The predicted octanol–water partition coefficient (Wildman–Crippen LogP) is 2.11. The van der Waals surface area contributed by atoms with Crippen molar-refractivity contribution in [2.75, 3.05) is 39.4 Å². The fourth-order valence-corrected chi connectivity index (χ4v) is 6.06. The van der Waals surface area contributed by atoms with Crippen LogP contribution in [0.5, 0.6) is 0 Å². The van der Waals surface area contributed by atoms with Crippen LogP contribution in [0.1, 0.15) is 39.1 Å². The molecule has 0 bridgehead atoms. The number of nitrogens with zero attached hydrogens (tertiary/aromatic N) is 2. The van der Waals surface area contributed by atoms with Crippen molar-refractivity contribution in [3.63, 3.8) is 0 Å². The molecule has 2 aliphatic heterocycles. The van der Waals surface area contributed by atoms with E-state index in [-0.39, 0.29) is 22.8 Å². The third-order valence-electron chi connectivity index (χ3n) is 5.95. The average Bonchev–Trinajstić information content (AvgIpc) is 3.35. The van der Waals surface area contributed by atoms with E-state index < -0.39 is 10.0 Å². The van der Waals surface area contributed by atoms with Crippen molar-refractivity contribution in [3.8, 4) is 0 Å². The van der Waals surface area contributed by atoms with Crippen LogP contribution in [-0.4, -0.2) is 74.9 Å². The lowest BCUT2D eigenvalue weighted by atomic mass is 10.0. The Bertz CT molecular complexity index is 1070. The number of carbonyl (C=O) groups excluding carboxylic acids is 2. The zero-order valence-electron chi connectivity index (χ0n) is 18.0. The Morgan fingerprint density at radius 1 is 1.09 bits per heavy atom. The molecule has 2 fully saturated rings. The summed E-state index contributed by atoms with van der Waals surface area (Å²) < 4.78 is 32.6. The fourth-order valence-electron chi connectivity index (χ4n) is 3.99. The summed E-state index contributed by atoms with van der Waals surface area (Å²) in [7, 11) is -3.67. The highest BCUT2D eigenvalue weighted by atomic mass is 32.2. The molecule has 1 aromatic carbocycles. The van der Waals surface area contributed by atoms with Gasteiger partial charge in [0.25, 0.3) is 11.8 Å². The van der Waals surface area contributed by atoms with E-state index in [0.717, 1.165) is 5.56 Å². The summed E-state index contributed by atoms with van der Waals surface area (Å²) >= 11 is 1.48. The van der Waals surface area contributed by atoms with Crippen LogP contribution in [0, 0.1) is 6.92 Å². The largest absolute Gasteiger partial charge is 0.379 e. The average molecular weight is 478 g/mol. The number of benzene rings is 1. The van der Waals surface area contributed by atoms with Gasteiger partial charge in [0.15, 0.2) is 0 Å². The van der Waals surface area contributed by atoms with Gasteiger partial charge in [-0.15, -0.1) is 0 Å². The molecule has 0 saturated carbocycles. The maximum atomic E-state index is 13.2. The van der Waals surface area contributed by atoms with Crippen molar-refractivity contribution in [2.45, 2.75) is 30.7 Å². The van der Waals surface area contributed by atoms with Gasteiger partial charge in [-0.3, -0.25) is 9.59 Å². The molecule has 32 heavy (non-hydrogen) atoms. The van der Waals surface area contributed by atoms with Gasteiger partial charge >= 0.3 is 0 Å². The highest BCUT2D eigenvalue weighted by Crippen LogP contribution is 2.23. The zero-order chi connectivity index (χ0) is 22.7. The van der Waals surface area contributed by atoms with Gasteiger partial charge < -0.3 is 15.0 Å². The summed E-state index contributed by atoms with van der Waals surface area (Å²) in [5.41, 5.74) is 1.80. The Labute approximate surface area is 192 Å². The number of rotatable bonds is 5. The molecule has 2 aliphatic rings. The minimum atomic E-state index is -3.67. The van der Waals surface area contributed by atoms with Gasteiger partial charge in [0, 0.05) is 48.7 Å². The molecule has 2 saturated heterocycles. The Morgan fingerprint density at radius 3 is 2.47 bits per heavy atom. The summed E-state index contributed by atoms with van der Waals surface area (Å²) in [5, 5.41) is 6.71. The maximum absolute atomic E-state index is 13.2. The molecule has 0 atom stereocenters. The molecule has 0 unspecified atom stereocenters. The third kappa shape index (κ3) is 4.88. The lowest BCUT2D eigenvalue weighted by molar-refractivity contribution is 0.0696. The van der Waals surface area contributed by atoms with Crippen LogP contribution < -0.4 is 5.32 Å². The minimum Gasteiger partial charge on any atom is -0.379 e. The number of carbonyl (C=O) groups is 2. The van der Waals surface area contributed by atoms with Gasteiger partial charge in [-0.05, 0) is 48.9 Å². The summed E-state index contributed by atoms with van der Waals surface area (Å²) in [4.78, 5) is 27.3. The first-order valence-corrected chi connectivity index (χ1v) is 13.1. The SMILES string of the molecule is Cc1ccc(S(=O)(=O)N2CCOCC2)cc1C(=O)N1CCC(NC(=O)c2ccsc2)CC1. The molecule has 172 valence electrons. The number of likely N-dealkylation sites (tertiary alicyclic amines) is 1. The summed E-state index contributed by atoms with van der Waals surface area (Å²) in [6.07, 6.45) is 1.32. The van der Waals surface area contributed by atoms with Crippen LogP contribution in [0.2, 0.25) is 0 Å². The number of morpholine rings is 1. The van der Waals surface area contributed by atoms with Crippen LogP contribution in [0.15, 0.2) is 39.9 Å². The monoisotopic (exact) mass is 477 g/mol. The normalized spacial score (nSPS) is 18.5. The minimum absolute atomic E-state index is 0.0144. The Kier molecular flexibility index (Phi) is 6.94. The molecule has 10 heteroatoms. The van der Waals surface area contributed by atoms with Gasteiger partial charge in [0.2, 0.25) is 10.0 Å². The second-order valence-corrected chi connectivity index (χ2v) is 10.8. The third-order valence-corrected chi connectivity index (χ3v) is 8.53. The number of piperidine rings is 1. The second-order valence-electron chi connectivity index (χ2n) is 8.05. The molecule has 0 radical (unpaired) electrons. The standard InChI is InChI=1S/C22H27N3O5S2/c1-16-2-3-19(32(28,29)25-9-11-30-12-10-25)14-20(16)22(27)24-7-4-18(5-8-24)23-21(26)17-6-13-31-15-17/h2-3,6,13-15,18H,4-5,7-12H2,1H3,(H,23,26). The first kappa shape index (κ1) is 22.9.